The molecule has 1 amide bonds. The first-order valence-electron chi connectivity index (χ1n) is 4.53. The molecule has 11 heavy (non-hydrogen) atoms. The summed E-state index contributed by atoms with van der Waals surface area (Å²) in [5, 5.41) is 0. The van der Waals surface area contributed by atoms with Crippen molar-refractivity contribution in [1.29, 1.82) is 0 Å². The molecule has 0 bridgehead atoms. The lowest BCUT2D eigenvalue weighted by atomic mass is 10.0. The zero-order chi connectivity index (χ0) is 7.90. The molecule has 2 aliphatic rings. The minimum absolute atomic E-state index is 0.280. The maximum absolute atomic E-state index is 11.2. The van der Waals surface area contributed by atoms with Crippen molar-refractivity contribution in [2.75, 3.05) is 6.54 Å². The van der Waals surface area contributed by atoms with Crippen LogP contribution in [0.25, 0.3) is 0 Å². The first-order chi connectivity index (χ1) is 5.25. The second-order valence-corrected chi connectivity index (χ2v) is 3.85. The van der Waals surface area contributed by atoms with Crippen LogP contribution in [0, 0.1) is 0 Å². The molecule has 1 saturated carbocycles. The Hall–Kier alpha value is -0.530. The largest absolute Gasteiger partial charge is 0.337 e. The van der Waals surface area contributed by atoms with Crippen molar-refractivity contribution in [3.63, 3.8) is 0 Å². The third kappa shape index (κ3) is 1.05. The molecule has 1 aliphatic carbocycles. The van der Waals surface area contributed by atoms with Gasteiger partial charge in [-0.3, -0.25) is 4.79 Å². The van der Waals surface area contributed by atoms with Crippen LogP contribution >= 0.6 is 0 Å². The number of amides is 1. The van der Waals surface area contributed by atoms with Crippen molar-refractivity contribution in [3.05, 3.63) is 0 Å². The maximum atomic E-state index is 11.2. The molecule has 62 valence electrons. The first-order valence-corrected chi connectivity index (χ1v) is 4.53. The third-order valence-electron chi connectivity index (χ3n) is 3.05. The minimum atomic E-state index is 0.280. The molecule has 2 nitrogen and oxygen atoms in total. The van der Waals surface area contributed by atoms with E-state index in [9.17, 15) is 4.79 Å². The van der Waals surface area contributed by atoms with Gasteiger partial charge in [0.25, 0.3) is 0 Å². The number of nitrogens with zero attached hydrogens (tertiary/aromatic N) is 1. The summed E-state index contributed by atoms with van der Waals surface area (Å²) >= 11 is 0. The van der Waals surface area contributed by atoms with Crippen molar-refractivity contribution in [2.45, 2.75) is 44.6 Å². The second-order valence-electron chi connectivity index (χ2n) is 3.85. The van der Waals surface area contributed by atoms with Gasteiger partial charge in [0, 0.05) is 19.0 Å². The molecule has 0 N–H and O–H groups in total. The first kappa shape index (κ1) is 7.14. The lowest BCUT2D eigenvalue weighted by molar-refractivity contribution is -0.133. The molecule has 1 saturated heterocycles. The average Bonchev–Trinajstić information content (AvgIpc) is 2.70. The van der Waals surface area contributed by atoms with Gasteiger partial charge in [-0.2, -0.15) is 0 Å². The molecule has 0 aromatic heterocycles. The van der Waals surface area contributed by atoms with Gasteiger partial charge in [-0.05, 0) is 32.1 Å². The van der Waals surface area contributed by atoms with E-state index in [2.05, 4.69) is 4.90 Å². The Labute approximate surface area is 67.6 Å². The second kappa shape index (κ2) is 2.23. The zero-order valence-electron chi connectivity index (χ0n) is 7.10. The zero-order valence-corrected chi connectivity index (χ0v) is 7.10. The number of likely N-dealkylation sites (tertiary alicyclic amines) is 1. The lowest BCUT2D eigenvalue weighted by Crippen LogP contribution is -2.44. The summed E-state index contributed by atoms with van der Waals surface area (Å²) in [6.45, 7) is 2.71. The van der Waals surface area contributed by atoms with Gasteiger partial charge < -0.3 is 4.90 Å². The van der Waals surface area contributed by atoms with E-state index in [1.54, 1.807) is 6.92 Å². The van der Waals surface area contributed by atoms with Crippen molar-refractivity contribution in [2.24, 2.45) is 0 Å². The van der Waals surface area contributed by atoms with E-state index in [0.29, 0.717) is 5.54 Å². The van der Waals surface area contributed by atoms with Crippen molar-refractivity contribution in [3.8, 4) is 0 Å². The Morgan fingerprint density at radius 2 is 2.00 bits per heavy atom. The summed E-state index contributed by atoms with van der Waals surface area (Å²) in [6.07, 6.45) is 6.30. The topological polar surface area (TPSA) is 20.3 Å². The van der Waals surface area contributed by atoms with Crippen molar-refractivity contribution in [1.82, 2.24) is 4.90 Å². The third-order valence-corrected chi connectivity index (χ3v) is 3.05. The van der Waals surface area contributed by atoms with E-state index < -0.39 is 0 Å². The van der Waals surface area contributed by atoms with Gasteiger partial charge in [-0.15, -0.1) is 0 Å². The van der Waals surface area contributed by atoms with E-state index in [0.717, 1.165) is 6.54 Å². The molecule has 0 radical (unpaired) electrons. The fourth-order valence-corrected chi connectivity index (χ4v) is 2.25. The lowest BCUT2D eigenvalue weighted by Gasteiger charge is -2.35. The smallest absolute Gasteiger partial charge is 0.219 e. The molecule has 0 atom stereocenters. The predicted molar refractivity (Wildman–Crippen MR) is 43.2 cm³/mol. The molecule has 0 unspecified atom stereocenters. The summed E-state index contributed by atoms with van der Waals surface area (Å²) in [5.41, 5.74) is 0.351. The van der Waals surface area contributed by atoms with E-state index in [1.807, 2.05) is 0 Å². The number of carbonyl (C=O) groups excluding carboxylic acids is 1. The molecule has 0 aromatic carbocycles. The van der Waals surface area contributed by atoms with Crippen LogP contribution in [0.5, 0.6) is 0 Å². The van der Waals surface area contributed by atoms with Crippen molar-refractivity contribution >= 4 is 5.91 Å². The Kier molecular flexibility index (Phi) is 1.44. The number of piperidine rings is 1. The van der Waals surface area contributed by atoms with Crippen LogP contribution < -0.4 is 0 Å². The van der Waals surface area contributed by atoms with Gasteiger partial charge >= 0.3 is 0 Å². The number of hydrogen-bond acceptors (Lipinski definition) is 1. The molecular weight excluding hydrogens is 138 g/mol. The standard InChI is InChI=1S/C9H15NO/c1-8(11)10-7-3-2-4-9(10)5-6-9/h2-7H2,1H3. The van der Waals surface area contributed by atoms with Crippen LogP contribution in [-0.4, -0.2) is 22.9 Å². The summed E-state index contributed by atoms with van der Waals surface area (Å²) in [4.78, 5) is 13.3. The van der Waals surface area contributed by atoms with Gasteiger partial charge in [-0.1, -0.05) is 0 Å². The fraction of sp³-hybridized carbons (Fsp3) is 0.889. The molecule has 1 spiro atoms. The van der Waals surface area contributed by atoms with Gasteiger partial charge in [-0.25, -0.2) is 0 Å². The van der Waals surface area contributed by atoms with Gasteiger partial charge in [0.05, 0.1) is 0 Å². The summed E-state index contributed by atoms with van der Waals surface area (Å²) < 4.78 is 0. The van der Waals surface area contributed by atoms with E-state index in [1.165, 1.54) is 32.1 Å². The Bertz CT molecular complexity index is 184. The summed E-state index contributed by atoms with van der Waals surface area (Å²) in [6, 6.07) is 0. The highest BCUT2D eigenvalue weighted by Crippen LogP contribution is 2.48. The average molecular weight is 153 g/mol. The molecule has 0 aromatic rings. The summed E-state index contributed by atoms with van der Waals surface area (Å²) in [5.74, 6) is 0.280. The highest BCUT2D eigenvalue weighted by molar-refractivity contribution is 5.74. The fourth-order valence-electron chi connectivity index (χ4n) is 2.25. The van der Waals surface area contributed by atoms with Gasteiger partial charge in [0.1, 0.15) is 0 Å². The van der Waals surface area contributed by atoms with Crippen molar-refractivity contribution < 1.29 is 4.79 Å². The molecular formula is C9H15NO. The minimum Gasteiger partial charge on any atom is -0.337 e. The maximum Gasteiger partial charge on any atom is 0.219 e. The van der Waals surface area contributed by atoms with Crippen LogP contribution in [0.15, 0.2) is 0 Å². The molecule has 2 fully saturated rings. The SMILES string of the molecule is CC(=O)N1CCCCC12CC2. The van der Waals surface area contributed by atoms with E-state index >= 15 is 0 Å². The number of carbonyl (C=O) groups is 1. The highest BCUT2D eigenvalue weighted by atomic mass is 16.2. The van der Waals surface area contributed by atoms with Crippen LogP contribution in [-0.2, 0) is 4.79 Å². The van der Waals surface area contributed by atoms with E-state index in [4.69, 9.17) is 0 Å². The molecule has 2 rings (SSSR count). The van der Waals surface area contributed by atoms with Crippen LogP contribution in [0.1, 0.15) is 39.0 Å². The van der Waals surface area contributed by atoms with Crippen LogP contribution in [0.4, 0.5) is 0 Å². The van der Waals surface area contributed by atoms with E-state index in [-0.39, 0.29) is 5.91 Å². The summed E-state index contributed by atoms with van der Waals surface area (Å²) in [7, 11) is 0. The monoisotopic (exact) mass is 153 g/mol. The molecule has 1 aliphatic heterocycles. The van der Waals surface area contributed by atoms with Crippen LogP contribution in [0.2, 0.25) is 0 Å². The Morgan fingerprint density at radius 3 is 2.45 bits per heavy atom. The quantitative estimate of drug-likeness (QED) is 0.517. The normalized spacial score (nSPS) is 27.2. The van der Waals surface area contributed by atoms with Crippen LogP contribution in [0.3, 0.4) is 0 Å². The number of hydrogen-bond donors (Lipinski definition) is 0. The van der Waals surface area contributed by atoms with Gasteiger partial charge in [0.2, 0.25) is 5.91 Å². The molecule has 2 heteroatoms. The Morgan fingerprint density at radius 1 is 1.27 bits per heavy atom. The number of rotatable bonds is 0. The van der Waals surface area contributed by atoms with Gasteiger partial charge in [0.15, 0.2) is 0 Å². The predicted octanol–water partition coefficient (Wildman–Crippen LogP) is 1.55. The highest BCUT2D eigenvalue weighted by Gasteiger charge is 2.49. The molecule has 1 heterocycles. The Balaban J connectivity index is 2.10.